The molecule has 2 heterocycles. The number of benzene rings is 1. The molecule has 1 aliphatic rings. The van der Waals surface area contributed by atoms with Gasteiger partial charge in [0.15, 0.2) is 0 Å². The van der Waals surface area contributed by atoms with Crippen LogP contribution in [0, 0.1) is 0 Å². The Morgan fingerprint density at radius 3 is 2.81 bits per heavy atom. The Morgan fingerprint density at radius 2 is 2.10 bits per heavy atom. The van der Waals surface area contributed by atoms with E-state index in [9.17, 15) is 9.59 Å². The molecule has 0 saturated carbocycles. The number of para-hydroxylation sites is 1. The zero-order chi connectivity index (χ0) is 15.0. The topological polar surface area (TPSA) is 70.8 Å². The van der Waals surface area contributed by atoms with Gasteiger partial charge in [0.1, 0.15) is 5.76 Å². The van der Waals surface area contributed by atoms with Gasteiger partial charge in [-0.25, -0.2) is 4.79 Å². The monoisotopic (exact) mass is 303 g/mol. The van der Waals surface area contributed by atoms with E-state index in [2.05, 4.69) is 0 Å². The molecule has 2 aromatic rings. The number of anilines is 1. The fourth-order valence-corrected chi connectivity index (χ4v) is 3.32. The number of carboxylic acids is 1. The number of amides is 1. The minimum absolute atomic E-state index is 0.00743. The van der Waals surface area contributed by atoms with Crippen LogP contribution in [0.5, 0.6) is 0 Å². The lowest BCUT2D eigenvalue weighted by Crippen LogP contribution is -2.39. The molecule has 0 bridgehead atoms. The lowest BCUT2D eigenvalue weighted by atomic mass is 10.2. The third-order valence-electron chi connectivity index (χ3n) is 3.26. The maximum absolute atomic E-state index is 12.4. The van der Waals surface area contributed by atoms with Crippen LogP contribution in [0.3, 0.4) is 0 Å². The highest BCUT2D eigenvalue weighted by molar-refractivity contribution is 8.00. The van der Waals surface area contributed by atoms with E-state index in [1.165, 1.54) is 17.8 Å². The second-order valence-corrected chi connectivity index (χ2v) is 6.11. The van der Waals surface area contributed by atoms with Crippen molar-refractivity contribution in [3.63, 3.8) is 0 Å². The van der Waals surface area contributed by atoms with Gasteiger partial charge in [-0.05, 0) is 31.2 Å². The summed E-state index contributed by atoms with van der Waals surface area (Å²) in [4.78, 5) is 25.9. The van der Waals surface area contributed by atoms with Crippen molar-refractivity contribution >= 4 is 29.3 Å². The van der Waals surface area contributed by atoms with Crippen LogP contribution in [-0.2, 0) is 11.3 Å². The quantitative estimate of drug-likeness (QED) is 0.943. The van der Waals surface area contributed by atoms with Crippen LogP contribution in [0.4, 0.5) is 5.69 Å². The molecule has 1 N–H and O–H groups in total. The fourth-order valence-electron chi connectivity index (χ4n) is 2.26. The molecule has 0 spiro atoms. The van der Waals surface area contributed by atoms with Gasteiger partial charge in [-0.2, -0.15) is 0 Å². The Kier molecular flexibility index (Phi) is 3.47. The lowest BCUT2D eigenvalue weighted by Gasteiger charge is -2.31. The van der Waals surface area contributed by atoms with Gasteiger partial charge in [-0.1, -0.05) is 12.1 Å². The summed E-state index contributed by atoms with van der Waals surface area (Å²) >= 11 is 1.53. The van der Waals surface area contributed by atoms with Gasteiger partial charge in [0.25, 0.3) is 0 Å². The highest BCUT2D eigenvalue weighted by Gasteiger charge is 2.31. The van der Waals surface area contributed by atoms with Crippen molar-refractivity contribution in [1.29, 1.82) is 0 Å². The predicted octanol–water partition coefficient (Wildman–Crippen LogP) is 3.01. The van der Waals surface area contributed by atoms with E-state index in [4.69, 9.17) is 9.52 Å². The lowest BCUT2D eigenvalue weighted by molar-refractivity contribution is -0.118. The largest absolute Gasteiger partial charge is 0.475 e. The van der Waals surface area contributed by atoms with Crippen molar-refractivity contribution < 1.29 is 19.1 Å². The number of hydrogen-bond donors (Lipinski definition) is 1. The normalized spacial score (nSPS) is 17.7. The van der Waals surface area contributed by atoms with E-state index in [1.54, 1.807) is 11.0 Å². The maximum atomic E-state index is 12.4. The van der Waals surface area contributed by atoms with Gasteiger partial charge in [0.2, 0.25) is 11.7 Å². The smallest absolute Gasteiger partial charge is 0.371 e. The number of carbonyl (C=O) groups is 2. The summed E-state index contributed by atoms with van der Waals surface area (Å²) in [5, 5.41) is 8.71. The van der Waals surface area contributed by atoms with Crippen LogP contribution in [-0.4, -0.2) is 22.2 Å². The Hall–Kier alpha value is -2.21. The van der Waals surface area contributed by atoms with Gasteiger partial charge in [0, 0.05) is 4.90 Å². The molecule has 0 fully saturated rings. The van der Waals surface area contributed by atoms with Crippen molar-refractivity contribution in [2.24, 2.45) is 0 Å². The number of nitrogens with zero attached hydrogens (tertiary/aromatic N) is 1. The molecule has 108 valence electrons. The molecular formula is C15H13NO4S. The van der Waals surface area contributed by atoms with Crippen LogP contribution in [0.25, 0.3) is 0 Å². The highest BCUT2D eigenvalue weighted by atomic mass is 32.2. The SMILES string of the molecule is CC1Sc2ccccc2N(Cc2ccc(C(=O)O)o2)C1=O. The van der Waals surface area contributed by atoms with Crippen molar-refractivity contribution in [1.82, 2.24) is 0 Å². The van der Waals surface area contributed by atoms with Crippen LogP contribution >= 0.6 is 11.8 Å². The summed E-state index contributed by atoms with van der Waals surface area (Å²) < 4.78 is 5.25. The molecule has 1 atom stereocenters. The second kappa shape index (κ2) is 5.29. The first-order valence-corrected chi connectivity index (χ1v) is 7.33. The number of rotatable bonds is 3. The van der Waals surface area contributed by atoms with E-state index >= 15 is 0 Å². The molecule has 1 aromatic heterocycles. The van der Waals surface area contributed by atoms with E-state index in [0.717, 1.165) is 10.6 Å². The minimum Gasteiger partial charge on any atom is -0.475 e. The summed E-state index contributed by atoms with van der Waals surface area (Å²) in [7, 11) is 0. The highest BCUT2D eigenvalue weighted by Crippen LogP contribution is 2.39. The van der Waals surface area contributed by atoms with Crippen LogP contribution in [0.1, 0.15) is 23.2 Å². The first kappa shape index (κ1) is 13.8. The van der Waals surface area contributed by atoms with E-state index in [-0.39, 0.29) is 23.5 Å². The summed E-state index contributed by atoms with van der Waals surface area (Å²) in [5.74, 6) is -0.790. The molecule has 0 radical (unpaired) electrons. The number of aromatic carboxylic acids is 1. The number of carboxylic acid groups (broad SMARTS) is 1. The molecule has 0 aliphatic carbocycles. The van der Waals surface area contributed by atoms with E-state index in [1.807, 2.05) is 31.2 Å². The molecule has 1 unspecified atom stereocenters. The zero-order valence-electron chi connectivity index (χ0n) is 11.3. The summed E-state index contributed by atoms with van der Waals surface area (Å²) in [6.07, 6.45) is 0. The molecular weight excluding hydrogens is 290 g/mol. The Bertz CT molecular complexity index is 709. The Morgan fingerprint density at radius 1 is 1.33 bits per heavy atom. The minimum atomic E-state index is -1.12. The third kappa shape index (κ3) is 2.54. The predicted molar refractivity (Wildman–Crippen MR) is 78.6 cm³/mol. The van der Waals surface area contributed by atoms with Gasteiger partial charge in [0.05, 0.1) is 17.5 Å². The first-order valence-electron chi connectivity index (χ1n) is 6.45. The van der Waals surface area contributed by atoms with Crippen molar-refractivity contribution in [3.05, 3.63) is 47.9 Å². The Balaban J connectivity index is 1.92. The number of furan rings is 1. The molecule has 5 nitrogen and oxygen atoms in total. The van der Waals surface area contributed by atoms with Crippen molar-refractivity contribution in [2.75, 3.05) is 4.90 Å². The first-order chi connectivity index (χ1) is 10.1. The third-order valence-corrected chi connectivity index (χ3v) is 4.41. The fraction of sp³-hybridized carbons (Fsp3) is 0.200. The molecule has 1 amide bonds. The summed E-state index contributed by atoms with van der Waals surface area (Å²) in [5.41, 5.74) is 0.832. The van der Waals surface area contributed by atoms with Crippen LogP contribution < -0.4 is 4.90 Å². The standard InChI is InChI=1S/C15H13NO4S/c1-9-14(17)16(11-4-2-3-5-13(11)21-9)8-10-6-7-12(20-10)15(18)19/h2-7,9H,8H2,1H3,(H,18,19). The molecule has 1 aromatic carbocycles. The average molecular weight is 303 g/mol. The molecule has 1 aliphatic heterocycles. The molecule has 0 saturated heterocycles. The molecule has 21 heavy (non-hydrogen) atoms. The van der Waals surface area contributed by atoms with Gasteiger partial charge in [-0.3, -0.25) is 4.79 Å². The van der Waals surface area contributed by atoms with E-state index in [0.29, 0.717) is 5.76 Å². The maximum Gasteiger partial charge on any atom is 0.371 e. The van der Waals surface area contributed by atoms with E-state index < -0.39 is 5.97 Å². The number of fused-ring (bicyclic) bond motifs is 1. The zero-order valence-corrected chi connectivity index (χ0v) is 12.1. The van der Waals surface area contributed by atoms with Crippen molar-refractivity contribution in [2.45, 2.75) is 23.6 Å². The van der Waals surface area contributed by atoms with Gasteiger partial charge < -0.3 is 14.4 Å². The van der Waals surface area contributed by atoms with Crippen LogP contribution in [0.2, 0.25) is 0 Å². The summed E-state index contributed by atoms with van der Waals surface area (Å²) in [6, 6.07) is 10.7. The Labute approximate surface area is 125 Å². The molecule has 3 rings (SSSR count). The van der Waals surface area contributed by atoms with Crippen molar-refractivity contribution in [3.8, 4) is 0 Å². The van der Waals surface area contributed by atoms with Gasteiger partial charge in [-0.15, -0.1) is 11.8 Å². The van der Waals surface area contributed by atoms with Crippen LogP contribution in [0.15, 0.2) is 45.7 Å². The summed E-state index contributed by atoms with van der Waals surface area (Å²) in [6.45, 7) is 2.09. The number of hydrogen-bond acceptors (Lipinski definition) is 4. The van der Waals surface area contributed by atoms with Gasteiger partial charge >= 0.3 is 5.97 Å². The molecule has 6 heteroatoms. The average Bonchev–Trinajstić information content (AvgIpc) is 2.93. The number of thioether (sulfide) groups is 1. The number of carbonyl (C=O) groups excluding carboxylic acids is 1. The second-order valence-electron chi connectivity index (χ2n) is 4.72.